The van der Waals surface area contributed by atoms with Crippen molar-refractivity contribution < 1.29 is 29.3 Å². The highest BCUT2D eigenvalue weighted by atomic mass is 19.1. The van der Waals surface area contributed by atoms with Gasteiger partial charge in [-0.1, -0.05) is 0 Å². The molecule has 2 heterocycles. The van der Waals surface area contributed by atoms with Crippen molar-refractivity contribution in [2.75, 3.05) is 6.54 Å². The van der Waals surface area contributed by atoms with Crippen molar-refractivity contribution in [1.82, 2.24) is 14.5 Å². The number of amides is 1. The Hall–Kier alpha value is -3.56. The summed E-state index contributed by atoms with van der Waals surface area (Å²) < 4.78 is 16.1. The van der Waals surface area contributed by atoms with Crippen LogP contribution in [0.2, 0.25) is 0 Å². The van der Waals surface area contributed by atoms with Gasteiger partial charge in [-0.25, -0.2) is 13.6 Å². The number of aliphatic carboxylic acids is 1. The van der Waals surface area contributed by atoms with Gasteiger partial charge in [-0.2, -0.15) is 0 Å². The van der Waals surface area contributed by atoms with E-state index in [1.807, 2.05) is 5.32 Å². The van der Waals surface area contributed by atoms with Gasteiger partial charge in [0.15, 0.2) is 5.75 Å². The summed E-state index contributed by atoms with van der Waals surface area (Å²) in [5.41, 5.74) is -1.90. The highest BCUT2D eigenvalue weighted by molar-refractivity contribution is 6.02. The number of carboxylic acid groups (broad SMARTS) is 1. The zero-order valence-electron chi connectivity index (χ0n) is 12.8. The Labute approximate surface area is 138 Å². The molecule has 2 aromatic heterocycles. The zero-order valence-corrected chi connectivity index (χ0v) is 12.8. The minimum absolute atomic E-state index is 0.0356. The molecule has 0 aliphatic rings. The van der Waals surface area contributed by atoms with Crippen LogP contribution in [0.5, 0.6) is 11.5 Å². The Kier molecular flexibility index (Phi) is 3.59. The van der Waals surface area contributed by atoms with E-state index in [-0.39, 0.29) is 22.2 Å². The van der Waals surface area contributed by atoms with E-state index in [4.69, 9.17) is 5.11 Å². The summed E-state index contributed by atoms with van der Waals surface area (Å²) in [5.74, 6) is -4.18. The second kappa shape index (κ2) is 5.51. The number of aromatic hydroxyl groups is 2. The first kappa shape index (κ1) is 16.3. The Morgan fingerprint density at radius 1 is 1.28 bits per heavy atom. The van der Waals surface area contributed by atoms with Crippen LogP contribution in [0.25, 0.3) is 16.4 Å². The van der Waals surface area contributed by atoms with Crippen LogP contribution in [-0.4, -0.2) is 42.9 Å². The van der Waals surface area contributed by atoms with Crippen molar-refractivity contribution in [2.45, 2.75) is 0 Å². The van der Waals surface area contributed by atoms with Gasteiger partial charge in [0.25, 0.3) is 11.5 Å². The van der Waals surface area contributed by atoms with E-state index >= 15 is 0 Å². The minimum Gasteiger partial charge on any atom is -0.507 e. The van der Waals surface area contributed by atoms with Gasteiger partial charge >= 0.3 is 5.97 Å². The molecule has 9 nitrogen and oxygen atoms in total. The fourth-order valence-electron chi connectivity index (χ4n) is 2.66. The van der Waals surface area contributed by atoms with Gasteiger partial charge in [-0.05, 0) is 18.2 Å². The molecule has 0 saturated carbocycles. The number of hydrogen-bond donors (Lipinski definition) is 4. The number of aryl methyl sites for hydroxylation is 1. The monoisotopic (exact) mass is 349 g/mol. The smallest absolute Gasteiger partial charge is 0.322 e. The van der Waals surface area contributed by atoms with Crippen LogP contribution in [0.3, 0.4) is 0 Å². The zero-order chi connectivity index (χ0) is 18.5. The van der Waals surface area contributed by atoms with Crippen LogP contribution in [0.15, 0.2) is 23.0 Å². The number of nitrogens with one attached hydrogen (secondary N) is 1. The number of hydrogen-bond acceptors (Lipinski definition) is 5. The number of phenolic OH excluding ortho intramolecular Hbond substituents is 1. The highest BCUT2D eigenvalue weighted by Gasteiger charge is 2.24. The molecular weight excluding hydrogens is 337 g/mol. The molecule has 3 rings (SSSR count). The molecule has 130 valence electrons. The molecule has 0 radical (unpaired) electrons. The molecule has 0 spiro atoms. The molecule has 1 amide bonds. The molecule has 10 heteroatoms. The number of nitrogens with zero attached hydrogens (tertiary/aromatic N) is 2. The maximum Gasteiger partial charge on any atom is 0.322 e. The third-order valence-corrected chi connectivity index (χ3v) is 3.78. The van der Waals surface area contributed by atoms with Crippen molar-refractivity contribution in [2.24, 2.45) is 7.05 Å². The summed E-state index contributed by atoms with van der Waals surface area (Å²) in [6.07, 6.45) is 0. The topological polar surface area (TPSA) is 133 Å². The first-order valence-electron chi connectivity index (χ1n) is 6.99. The predicted octanol–water partition coefficient (Wildman–Crippen LogP) is 0.156. The lowest BCUT2D eigenvalue weighted by Crippen LogP contribution is -2.36. The number of rotatable bonds is 3. The quantitative estimate of drug-likeness (QED) is 0.532. The Morgan fingerprint density at radius 2 is 1.96 bits per heavy atom. The van der Waals surface area contributed by atoms with Crippen LogP contribution in [0, 0.1) is 5.82 Å². The predicted molar refractivity (Wildman–Crippen MR) is 83.4 cm³/mol. The number of phenols is 1. The van der Waals surface area contributed by atoms with Gasteiger partial charge in [-0.3, -0.25) is 14.4 Å². The Balaban J connectivity index is 2.37. The number of carbonyl (C=O) groups excluding carboxylic acids is 1. The fourth-order valence-corrected chi connectivity index (χ4v) is 2.66. The minimum atomic E-state index is -1.33. The molecule has 0 aliphatic carbocycles. The average Bonchev–Trinajstić information content (AvgIpc) is 2.96. The molecule has 0 unspecified atom stereocenters. The number of fused-ring (bicyclic) bond motifs is 3. The van der Waals surface area contributed by atoms with Crippen molar-refractivity contribution in [3.05, 3.63) is 39.9 Å². The van der Waals surface area contributed by atoms with Gasteiger partial charge < -0.3 is 20.6 Å². The van der Waals surface area contributed by atoms with Crippen molar-refractivity contribution >= 4 is 28.3 Å². The molecule has 3 aromatic rings. The van der Waals surface area contributed by atoms with Gasteiger partial charge in [0.05, 0.1) is 0 Å². The van der Waals surface area contributed by atoms with Gasteiger partial charge in [0, 0.05) is 12.4 Å². The van der Waals surface area contributed by atoms with E-state index in [1.165, 1.54) is 13.1 Å². The van der Waals surface area contributed by atoms with Gasteiger partial charge in [-0.15, -0.1) is 0 Å². The van der Waals surface area contributed by atoms with E-state index in [1.54, 1.807) is 0 Å². The van der Waals surface area contributed by atoms with E-state index in [2.05, 4.69) is 0 Å². The normalized spacial score (nSPS) is 11.1. The lowest BCUT2D eigenvalue weighted by Gasteiger charge is -2.11. The number of carbonyl (C=O) groups is 2. The van der Waals surface area contributed by atoms with E-state index in [0.29, 0.717) is 0 Å². The fraction of sp³-hybridized carbons (Fsp3) is 0.133. The second-order valence-corrected chi connectivity index (χ2v) is 5.30. The molecule has 0 aliphatic heterocycles. The van der Waals surface area contributed by atoms with Crippen LogP contribution < -0.4 is 10.9 Å². The first-order chi connectivity index (χ1) is 11.7. The third-order valence-electron chi connectivity index (χ3n) is 3.78. The van der Waals surface area contributed by atoms with Crippen LogP contribution in [0.4, 0.5) is 4.39 Å². The van der Waals surface area contributed by atoms with Crippen LogP contribution >= 0.6 is 0 Å². The molecule has 0 bridgehead atoms. The summed E-state index contributed by atoms with van der Waals surface area (Å²) >= 11 is 0. The largest absolute Gasteiger partial charge is 0.507 e. The van der Waals surface area contributed by atoms with E-state index < -0.39 is 41.1 Å². The molecular formula is C15H12FN3O6. The standard InChI is InChI=1S/C15H12FN3O6/c1-18-15(25)11(14(24)17-5-10(21)22)13(23)8-4-6-9(20)3-2-7(16)12(6)19(8)18/h2-4,20,23H,5H2,1H3,(H,17,24)(H,21,22). The summed E-state index contributed by atoms with van der Waals surface area (Å²) in [7, 11) is 1.24. The lowest BCUT2D eigenvalue weighted by molar-refractivity contribution is -0.135. The van der Waals surface area contributed by atoms with Crippen molar-refractivity contribution in [3.63, 3.8) is 0 Å². The number of halogens is 1. The first-order valence-corrected chi connectivity index (χ1v) is 6.99. The summed E-state index contributed by atoms with van der Waals surface area (Å²) in [5, 5.41) is 30.8. The molecule has 0 atom stereocenters. The Bertz CT molecular complexity index is 1110. The summed E-state index contributed by atoms with van der Waals surface area (Å²) in [6, 6.07) is 3.34. The Morgan fingerprint density at radius 3 is 2.60 bits per heavy atom. The molecule has 1 aromatic carbocycles. The van der Waals surface area contributed by atoms with Gasteiger partial charge in [0.1, 0.15) is 34.7 Å². The molecule has 25 heavy (non-hydrogen) atoms. The molecule has 0 fully saturated rings. The number of benzene rings is 1. The highest BCUT2D eigenvalue weighted by Crippen LogP contribution is 2.33. The van der Waals surface area contributed by atoms with Crippen molar-refractivity contribution in [3.8, 4) is 11.5 Å². The van der Waals surface area contributed by atoms with E-state index in [0.717, 1.165) is 21.3 Å². The maximum atomic E-state index is 14.2. The van der Waals surface area contributed by atoms with Crippen molar-refractivity contribution in [1.29, 1.82) is 0 Å². The third kappa shape index (κ3) is 2.35. The molecule has 4 N–H and O–H groups in total. The summed E-state index contributed by atoms with van der Waals surface area (Å²) in [4.78, 5) is 35.0. The van der Waals surface area contributed by atoms with E-state index in [9.17, 15) is 29.0 Å². The molecule has 0 saturated heterocycles. The number of carboxylic acids is 1. The second-order valence-electron chi connectivity index (χ2n) is 5.30. The lowest BCUT2D eigenvalue weighted by atomic mass is 10.2. The number of aromatic nitrogens is 2. The summed E-state index contributed by atoms with van der Waals surface area (Å²) in [6.45, 7) is -0.745. The van der Waals surface area contributed by atoms with Crippen LogP contribution in [0.1, 0.15) is 10.4 Å². The van der Waals surface area contributed by atoms with Crippen LogP contribution in [-0.2, 0) is 11.8 Å². The van der Waals surface area contributed by atoms with Gasteiger partial charge in [0.2, 0.25) is 0 Å². The average molecular weight is 349 g/mol. The SMILES string of the molecule is Cn1c(=O)c(C(=O)NCC(=O)O)c(O)c2cc3c(O)ccc(F)c3n21. The maximum absolute atomic E-state index is 14.2.